The predicted molar refractivity (Wildman–Crippen MR) is 129 cm³/mol. The Morgan fingerprint density at radius 1 is 0.516 bits per heavy atom. The lowest BCUT2D eigenvalue weighted by Gasteiger charge is -2.19. The first kappa shape index (κ1) is 19.4. The van der Waals surface area contributed by atoms with Crippen LogP contribution in [0.3, 0.4) is 0 Å². The van der Waals surface area contributed by atoms with Gasteiger partial charge in [0.1, 0.15) is 11.5 Å². The highest BCUT2D eigenvalue weighted by atomic mass is 31.2. The molecule has 1 aromatic heterocycles. The van der Waals surface area contributed by atoms with E-state index in [1.54, 1.807) is 0 Å². The van der Waals surface area contributed by atoms with Crippen molar-refractivity contribution in [3.63, 3.8) is 0 Å². The summed E-state index contributed by atoms with van der Waals surface area (Å²) in [5.74, 6) is 1.36. The lowest BCUT2D eigenvalue weighted by atomic mass is 10.1. The molecule has 0 bridgehead atoms. The minimum absolute atomic E-state index is 0.649. The fraction of sp³-hybridized carbons (Fsp3) is 0. The van der Waals surface area contributed by atoms with Gasteiger partial charge in [-0.05, 0) is 6.07 Å². The SMILES string of the molecule is O=P(c1ccccc1)(c1ccccc1)c1cc(-c2ccccc2)oc1-c1ccccc1. The predicted octanol–water partition coefficient (Wildman–Crippen LogP) is 6.25. The van der Waals surface area contributed by atoms with E-state index in [9.17, 15) is 4.57 Å². The lowest BCUT2D eigenvalue weighted by Crippen LogP contribution is -2.25. The number of rotatable bonds is 5. The van der Waals surface area contributed by atoms with E-state index in [-0.39, 0.29) is 0 Å². The molecule has 0 unspecified atom stereocenters. The molecule has 0 atom stereocenters. The number of hydrogen-bond donors (Lipinski definition) is 0. The highest BCUT2D eigenvalue weighted by Gasteiger charge is 2.35. The molecule has 31 heavy (non-hydrogen) atoms. The van der Waals surface area contributed by atoms with E-state index < -0.39 is 7.14 Å². The minimum Gasteiger partial charge on any atom is -0.455 e. The maximum absolute atomic E-state index is 15.0. The third-order valence-corrected chi connectivity index (χ3v) is 8.45. The van der Waals surface area contributed by atoms with Gasteiger partial charge in [-0.25, -0.2) is 0 Å². The molecule has 0 saturated carbocycles. The average molecular weight is 420 g/mol. The molecule has 1 heterocycles. The summed E-state index contributed by atoms with van der Waals surface area (Å²) in [7, 11) is -3.17. The molecule has 0 aliphatic rings. The second-order valence-corrected chi connectivity index (χ2v) is 10.1. The highest BCUT2D eigenvalue weighted by Crippen LogP contribution is 2.47. The smallest absolute Gasteiger partial charge is 0.174 e. The monoisotopic (exact) mass is 420 g/mol. The van der Waals surface area contributed by atoms with E-state index in [0.29, 0.717) is 11.5 Å². The van der Waals surface area contributed by atoms with Crippen LogP contribution in [0.2, 0.25) is 0 Å². The summed E-state index contributed by atoms with van der Waals surface area (Å²) in [6, 6.07) is 41.2. The maximum Gasteiger partial charge on any atom is 0.174 e. The van der Waals surface area contributed by atoms with E-state index in [1.807, 2.05) is 127 Å². The standard InChI is InChI=1S/C28H21O2P/c29-31(24-17-9-3-10-18-24,25-19-11-4-12-20-25)27-21-26(22-13-5-1-6-14-22)30-28(27)23-15-7-2-8-16-23/h1-21H. The lowest BCUT2D eigenvalue weighted by molar-refractivity contribution is 0.589. The van der Waals surface area contributed by atoms with Crippen LogP contribution in [0.1, 0.15) is 0 Å². The van der Waals surface area contributed by atoms with Gasteiger partial charge >= 0.3 is 0 Å². The highest BCUT2D eigenvalue weighted by molar-refractivity contribution is 7.85. The van der Waals surface area contributed by atoms with Crippen LogP contribution in [0.15, 0.2) is 132 Å². The summed E-state index contributed by atoms with van der Waals surface area (Å²) < 4.78 is 21.4. The van der Waals surface area contributed by atoms with Crippen LogP contribution < -0.4 is 15.9 Å². The van der Waals surface area contributed by atoms with Crippen LogP contribution >= 0.6 is 7.14 Å². The topological polar surface area (TPSA) is 30.2 Å². The first-order chi connectivity index (χ1) is 15.3. The van der Waals surface area contributed by atoms with Gasteiger partial charge in [0.2, 0.25) is 0 Å². The summed E-state index contributed by atoms with van der Waals surface area (Å²) >= 11 is 0. The largest absolute Gasteiger partial charge is 0.455 e. The van der Waals surface area contributed by atoms with Gasteiger partial charge in [-0.3, -0.25) is 0 Å². The molecule has 0 aliphatic heterocycles. The molecule has 0 amide bonds. The first-order valence-electron chi connectivity index (χ1n) is 10.2. The van der Waals surface area contributed by atoms with Gasteiger partial charge in [0, 0.05) is 21.7 Å². The fourth-order valence-electron chi connectivity index (χ4n) is 3.86. The molecule has 4 aromatic carbocycles. The molecule has 0 spiro atoms. The van der Waals surface area contributed by atoms with Crippen molar-refractivity contribution in [2.75, 3.05) is 0 Å². The van der Waals surface area contributed by atoms with Crippen molar-refractivity contribution in [3.8, 4) is 22.6 Å². The molecule has 0 aliphatic carbocycles. The molecular formula is C28H21O2P. The Kier molecular flexibility index (Phi) is 5.16. The van der Waals surface area contributed by atoms with E-state index >= 15 is 0 Å². The van der Waals surface area contributed by atoms with Crippen LogP contribution in [0.4, 0.5) is 0 Å². The summed E-state index contributed by atoms with van der Waals surface area (Å²) in [5.41, 5.74) is 1.87. The van der Waals surface area contributed by atoms with Crippen molar-refractivity contribution in [3.05, 3.63) is 127 Å². The van der Waals surface area contributed by atoms with Gasteiger partial charge < -0.3 is 8.98 Å². The Balaban J connectivity index is 1.82. The number of hydrogen-bond acceptors (Lipinski definition) is 2. The molecule has 3 heteroatoms. The molecule has 0 fully saturated rings. The molecular weight excluding hydrogens is 399 g/mol. The van der Waals surface area contributed by atoms with Crippen LogP contribution in [0.5, 0.6) is 0 Å². The molecule has 0 saturated heterocycles. The van der Waals surface area contributed by atoms with Crippen molar-refractivity contribution in [2.45, 2.75) is 0 Å². The van der Waals surface area contributed by atoms with Gasteiger partial charge in [0.25, 0.3) is 0 Å². The Hall–Kier alpha value is -3.61. The van der Waals surface area contributed by atoms with Gasteiger partial charge in [0.15, 0.2) is 7.14 Å². The van der Waals surface area contributed by atoms with Crippen LogP contribution in [-0.2, 0) is 4.57 Å². The van der Waals surface area contributed by atoms with Gasteiger partial charge in [0.05, 0.1) is 5.30 Å². The Labute approximate surface area is 182 Å². The second kappa shape index (κ2) is 8.26. The number of benzene rings is 4. The van der Waals surface area contributed by atoms with E-state index in [0.717, 1.165) is 27.0 Å². The van der Waals surface area contributed by atoms with Crippen LogP contribution in [0.25, 0.3) is 22.6 Å². The van der Waals surface area contributed by atoms with Crippen molar-refractivity contribution >= 4 is 23.1 Å². The molecule has 150 valence electrons. The third kappa shape index (κ3) is 3.56. The molecule has 5 rings (SSSR count). The van der Waals surface area contributed by atoms with Crippen molar-refractivity contribution < 1.29 is 8.98 Å². The molecule has 0 radical (unpaired) electrons. The molecule has 2 nitrogen and oxygen atoms in total. The van der Waals surface area contributed by atoms with Crippen LogP contribution in [0, 0.1) is 0 Å². The molecule has 5 aromatic rings. The Morgan fingerprint density at radius 3 is 1.42 bits per heavy atom. The summed E-state index contributed by atoms with van der Waals surface area (Å²) in [4.78, 5) is 0. The minimum atomic E-state index is -3.17. The average Bonchev–Trinajstić information content (AvgIpc) is 3.32. The summed E-state index contributed by atoms with van der Waals surface area (Å²) in [6.45, 7) is 0. The summed E-state index contributed by atoms with van der Waals surface area (Å²) in [6.07, 6.45) is 0. The fourth-order valence-corrected chi connectivity index (χ4v) is 6.66. The third-order valence-electron chi connectivity index (χ3n) is 5.39. The maximum atomic E-state index is 15.0. The van der Waals surface area contributed by atoms with E-state index in [2.05, 4.69) is 0 Å². The van der Waals surface area contributed by atoms with Gasteiger partial charge in [-0.1, -0.05) is 121 Å². The van der Waals surface area contributed by atoms with Gasteiger partial charge in [-0.15, -0.1) is 0 Å². The first-order valence-corrected chi connectivity index (χ1v) is 11.9. The second-order valence-electron chi connectivity index (χ2n) is 7.34. The Bertz CT molecular complexity index is 1280. The zero-order valence-corrected chi connectivity index (χ0v) is 17.8. The normalized spacial score (nSPS) is 11.4. The van der Waals surface area contributed by atoms with Crippen molar-refractivity contribution in [1.29, 1.82) is 0 Å². The van der Waals surface area contributed by atoms with Crippen molar-refractivity contribution in [1.82, 2.24) is 0 Å². The van der Waals surface area contributed by atoms with Gasteiger partial charge in [-0.2, -0.15) is 0 Å². The quantitative estimate of drug-likeness (QED) is 0.315. The molecule has 0 N–H and O–H groups in total. The van der Waals surface area contributed by atoms with Crippen LogP contribution in [-0.4, -0.2) is 0 Å². The van der Waals surface area contributed by atoms with E-state index in [1.165, 1.54) is 0 Å². The summed E-state index contributed by atoms with van der Waals surface area (Å²) in [5, 5.41) is 2.30. The number of furan rings is 1. The Morgan fingerprint density at radius 2 is 0.935 bits per heavy atom. The van der Waals surface area contributed by atoms with Crippen molar-refractivity contribution in [2.24, 2.45) is 0 Å². The van der Waals surface area contributed by atoms with E-state index in [4.69, 9.17) is 4.42 Å². The zero-order valence-electron chi connectivity index (χ0n) is 16.9. The zero-order chi connectivity index (χ0) is 21.1.